The van der Waals surface area contributed by atoms with E-state index in [-0.39, 0.29) is 11.4 Å². The summed E-state index contributed by atoms with van der Waals surface area (Å²) in [4.78, 5) is 3.40. The molecule has 13 heavy (non-hydrogen) atoms. The van der Waals surface area contributed by atoms with Gasteiger partial charge in [0.15, 0.2) is 0 Å². The van der Waals surface area contributed by atoms with Gasteiger partial charge in [-0.15, -0.1) is 0 Å². The Kier molecular flexibility index (Phi) is 2.78. The SMILES string of the molecule is N#Cc1cc(Br)c(N)nc1C(F)F. The molecule has 1 aromatic heterocycles. The number of halogens is 3. The van der Waals surface area contributed by atoms with Crippen LogP contribution in [0.3, 0.4) is 0 Å². The standard InChI is InChI=1S/C7H4BrF2N3/c8-4-1-3(2-11)5(6(9)10)13-7(4)12/h1,6H,(H2,12,13). The molecule has 0 radical (unpaired) electrons. The molecule has 0 aliphatic carbocycles. The Morgan fingerprint density at radius 3 is 2.69 bits per heavy atom. The van der Waals surface area contributed by atoms with Crippen molar-refractivity contribution in [2.24, 2.45) is 0 Å². The van der Waals surface area contributed by atoms with Gasteiger partial charge in [0.1, 0.15) is 17.6 Å². The van der Waals surface area contributed by atoms with Gasteiger partial charge in [0.05, 0.1) is 10.0 Å². The first-order valence-electron chi connectivity index (χ1n) is 3.20. The van der Waals surface area contributed by atoms with E-state index in [1.165, 1.54) is 6.07 Å². The maximum Gasteiger partial charge on any atom is 0.281 e. The monoisotopic (exact) mass is 247 g/mol. The number of hydrogen-bond acceptors (Lipinski definition) is 3. The minimum absolute atomic E-state index is 0.0469. The maximum atomic E-state index is 12.2. The molecular weight excluding hydrogens is 244 g/mol. The van der Waals surface area contributed by atoms with Gasteiger partial charge in [0, 0.05) is 0 Å². The smallest absolute Gasteiger partial charge is 0.281 e. The quantitative estimate of drug-likeness (QED) is 0.828. The van der Waals surface area contributed by atoms with Crippen LogP contribution in [0, 0.1) is 11.3 Å². The molecule has 0 fully saturated rings. The number of anilines is 1. The molecule has 0 saturated carbocycles. The highest BCUT2D eigenvalue weighted by Crippen LogP contribution is 2.26. The van der Waals surface area contributed by atoms with E-state index in [0.717, 1.165) is 0 Å². The molecule has 0 aliphatic heterocycles. The van der Waals surface area contributed by atoms with E-state index in [4.69, 9.17) is 11.0 Å². The molecule has 0 aliphatic rings. The van der Waals surface area contributed by atoms with Crippen LogP contribution in [-0.4, -0.2) is 4.98 Å². The predicted molar refractivity (Wildman–Crippen MR) is 46.0 cm³/mol. The highest BCUT2D eigenvalue weighted by Gasteiger charge is 2.16. The fourth-order valence-electron chi connectivity index (χ4n) is 0.774. The molecule has 6 heteroatoms. The van der Waals surface area contributed by atoms with Gasteiger partial charge in [0.25, 0.3) is 6.43 Å². The topological polar surface area (TPSA) is 62.7 Å². The Morgan fingerprint density at radius 2 is 2.23 bits per heavy atom. The molecule has 2 N–H and O–H groups in total. The van der Waals surface area contributed by atoms with Crippen molar-refractivity contribution in [1.82, 2.24) is 4.98 Å². The van der Waals surface area contributed by atoms with E-state index in [2.05, 4.69) is 20.9 Å². The molecule has 1 heterocycles. The van der Waals surface area contributed by atoms with Gasteiger partial charge in [-0.25, -0.2) is 13.8 Å². The van der Waals surface area contributed by atoms with Gasteiger partial charge in [-0.1, -0.05) is 0 Å². The van der Waals surface area contributed by atoms with Crippen LogP contribution in [0.4, 0.5) is 14.6 Å². The zero-order valence-corrected chi connectivity index (χ0v) is 7.85. The van der Waals surface area contributed by atoms with Crippen LogP contribution in [0.5, 0.6) is 0 Å². The number of alkyl halides is 2. The molecule has 1 aromatic rings. The first kappa shape index (κ1) is 9.86. The summed E-state index contributed by atoms with van der Waals surface area (Å²) in [7, 11) is 0. The van der Waals surface area contributed by atoms with E-state index < -0.39 is 12.1 Å². The molecule has 3 nitrogen and oxygen atoms in total. The zero-order chi connectivity index (χ0) is 10.0. The van der Waals surface area contributed by atoms with Crippen molar-refractivity contribution in [3.63, 3.8) is 0 Å². The summed E-state index contributed by atoms with van der Waals surface area (Å²) >= 11 is 2.99. The summed E-state index contributed by atoms with van der Waals surface area (Å²) in [6.45, 7) is 0. The average molecular weight is 248 g/mol. The van der Waals surface area contributed by atoms with Crippen molar-refractivity contribution in [1.29, 1.82) is 5.26 Å². The van der Waals surface area contributed by atoms with E-state index in [9.17, 15) is 8.78 Å². The molecule has 0 atom stereocenters. The van der Waals surface area contributed by atoms with Crippen LogP contribution in [0.25, 0.3) is 0 Å². The molecule has 0 spiro atoms. The van der Waals surface area contributed by atoms with E-state index in [0.29, 0.717) is 4.47 Å². The van der Waals surface area contributed by atoms with Crippen LogP contribution in [0.15, 0.2) is 10.5 Å². The lowest BCUT2D eigenvalue weighted by molar-refractivity contribution is 0.146. The Balaban J connectivity index is 3.35. The Labute approximate surface area is 81.3 Å². The molecule has 0 saturated heterocycles. The minimum atomic E-state index is -2.79. The third kappa shape index (κ3) is 1.92. The lowest BCUT2D eigenvalue weighted by atomic mass is 10.2. The third-order valence-corrected chi connectivity index (χ3v) is 1.99. The lowest BCUT2D eigenvalue weighted by Crippen LogP contribution is -2.00. The summed E-state index contributed by atoms with van der Waals surface area (Å²) in [6, 6.07) is 2.84. The van der Waals surface area contributed by atoms with Crippen molar-refractivity contribution in [3.8, 4) is 6.07 Å². The molecule has 0 bridgehead atoms. The summed E-state index contributed by atoms with van der Waals surface area (Å²) in [6.07, 6.45) is -2.79. The summed E-state index contributed by atoms with van der Waals surface area (Å²) in [5.74, 6) is -0.0469. The number of aromatic nitrogens is 1. The molecule has 68 valence electrons. The van der Waals surface area contributed by atoms with Crippen LogP contribution < -0.4 is 5.73 Å². The van der Waals surface area contributed by atoms with Gasteiger partial charge < -0.3 is 5.73 Å². The van der Waals surface area contributed by atoms with Crippen molar-refractivity contribution in [2.75, 3.05) is 5.73 Å². The van der Waals surface area contributed by atoms with Gasteiger partial charge in [-0.3, -0.25) is 0 Å². The van der Waals surface area contributed by atoms with Gasteiger partial charge in [0.2, 0.25) is 0 Å². The minimum Gasteiger partial charge on any atom is -0.383 e. The zero-order valence-electron chi connectivity index (χ0n) is 6.26. The Hall–Kier alpha value is -1.22. The molecular formula is C7H4BrF2N3. The second-order valence-electron chi connectivity index (χ2n) is 2.20. The van der Waals surface area contributed by atoms with Crippen LogP contribution in [0.2, 0.25) is 0 Å². The maximum absolute atomic E-state index is 12.2. The normalized spacial score (nSPS) is 10.1. The number of hydrogen-bond donors (Lipinski definition) is 1. The number of nitrogen functional groups attached to an aromatic ring is 1. The number of rotatable bonds is 1. The fraction of sp³-hybridized carbons (Fsp3) is 0.143. The lowest BCUT2D eigenvalue weighted by Gasteiger charge is -2.04. The van der Waals surface area contributed by atoms with Crippen LogP contribution in [-0.2, 0) is 0 Å². The van der Waals surface area contributed by atoms with Gasteiger partial charge >= 0.3 is 0 Å². The highest BCUT2D eigenvalue weighted by molar-refractivity contribution is 9.10. The van der Waals surface area contributed by atoms with Crippen LogP contribution in [0.1, 0.15) is 17.7 Å². The van der Waals surface area contributed by atoms with Crippen molar-refractivity contribution in [3.05, 3.63) is 21.8 Å². The highest BCUT2D eigenvalue weighted by atomic mass is 79.9. The Bertz CT molecular complexity index is 373. The number of nitrogens with zero attached hydrogens (tertiary/aromatic N) is 2. The molecule has 1 rings (SSSR count). The molecule has 0 unspecified atom stereocenters. The second kappa shape index (κ2) is 3.66. The third-order valence-electron chi connectivity index (χ3n) is 1.36. The number of pyridine rings is 1. The van der Waals surface area contributed by atoms with Gasteiger partial charge in [-0.2, -0.15) is 5.26 Å². The second-order valence-corrected chi connectivity index (χ2v) is 3.06. The first-order chi connectivity index (χ1) is 6.06. The van der Waals surface area contributed by atoms with Crippen molar-refractivity contribution < 1.29 is 8.78 Å². The van der Waals surface area contributed by atoms with E-state index in [1.807, 2.05) is 0 Å². The number of nitriles is 1. The van der Waals surface area contributed by atoms with E-state index >= 15 is 0 Å². The number of nitrogens with two attached hydrogens (primary N) is 1. The Morgan fingerprint density at radius 1 is 1.62 bits per heavy atom. The molecule has 0 amide bonds. The predicted octanol–water partition coefficient (Wildman–Crippen LogP) is 2.24. The fourth-order valence-corrected chi connectivity index (χ4v) is 1.09. The van der Waals surface area contributed by atoms with Crippen molar-refractivity contribution >= 4 is 21.7 Å². The van der Waals surface area contributed by atoms with E-state index in [1.54, 1.807) is 6.07 Å². The molecule has 0 aromatic carbocycles. The van der Waals surface area contributed by atoms with Crippen molar-refractivity contribution in [2.45, 2.75) is 6.43 Å². The van der Waals surface area contributed by atoms with Gasteiger partial charge in [-0.05, 0) is 22.0 Å². The summed E-state index contributed by atoms with van der Waals surface area (Å²) in [5.41, 5.74) is 4.53. The summed E-state index contributed by atoms with van der Waals surface area (Å²) < 4.78 is 24.8. The van der Waals surface area contributed by atoms with Crippen LogP contribution >= 0.6 is 15.9 Å². The summed E-state index contributed by atoms with van der Waals surface area (Å²) in [5, 5.41) is 8.50. The average Bonchev–Trinajstić information content (AvgIpc) is 2.08. The first-order valence-corrected chi connectivity index (χ1v) is 3.99. The largest absolute Gasteiger partial charge is 0.383 e.